The van der Waals surface area contributed by atoms with Crippen molar-refractivity contribution in [1.29, 1.82) is 0 Å². The molecule has 132 valence electrons. The van der Waals surface area contributed by atoms with E-state index in [0.717, 1.165) is 25.9 Å². The molecular weight excluding hydrogens is 302 g/mol. The molecule has 2 amide bonds. The van der Waals surface area contributed by atoms with Crippen LogP contribution in [0, 0.1) is 0 Å². The van der Waals surface area contributed by atoms with Crippen LogP contribution < -0.4 is 10.6 Å². The highest BCUT2D eigenvalue weighted by atomic mass is 16.2. The lowest BCUT2D eigenvalue weighted by Gasteiger charge is -2.32. The fraction of sp³-hybridized carbons (Fsp3) is 0.579. The third-order valence-electron chi connectivity index (χ3n) is 4.97. The van der Waals surface area contributed by atoms with E-state index in [0.29, 0.717) is 12.5 Å². The number of nitrogens with zero attached hydrogens (tertiary/aromatic N) is 1. The van der Waals surface area contributed by atoms with Crippen LogP contribution in [0.15, 0.2) is 30.3 Å². The third-order valence-corrected chi connectivity index (χ3v) is 4.97. The van der Waals surface area contributed by atoms with Gasteiger partial charge < -0.3 is 15.5 Å². The SMILES string of the molecule is CC(=O)N1CCC(NC(=O)CN[C@@H](C)[C@H](C)c2ccccc2)CC1. The first-order valence-electron chi connectivity index (χ1n) is 8.80. The van der Waals surface area contributed by atoms with Gasteiger partial charge in [0.1, 0.15) is 0 Å². The molecule has 2 rings (SSSR count). The van der Waals surface area contributed by atoms with Crippen molar-refractivity contribution in [3.05, 3.63) is 35.9 Å². The average Bonchev–Trinajstić information content (AvgIpc) is 2.60. The molecule has 1 saturated heterocycles. The second-order valence-electron chi connectivity index (χ2n) is 6.72. The van der Waals surface area contributed by atoms with Gasteiger partial charge in [-0.3, -0.25) is 9.59 Å². The van der Waals surface area contributed by atoms with Crippen LogP contribution in [0.3, 0.4) is 0 Å². The van der Waals surface area contributed by atoms with Crippen LogP contribution in [0.4, 0.5) is 0 Å². The normalized spacial score (nSPS) is 18.0. The molecule has 5 heteroatoms. The summed E-state index contributed by atoms with van der Waals surface area (Å²) in [5.74, 6) is 0.492. The molecule has 1 aliphatic heterocycles. The Morgan fingerprint density at radius 3 is 2.38 bits per heavy atom. The van der Waals surface area contributed by atoms with Crippen molar-refractivity contribution >= 4 is 11.8 Å². The summed E-state index contributed by atoms with van der Waals surface area (Å²) in [5.41, 5.74) is 1.27. The summed E-state index contributed by atoms with van der Waals surface area (Å²) in [4.78, 5) is 25.3. The van der Waals surface area contributed by atoms with Gasteiger partial charge in [0.2, 0.25) is 11.8 Å². The molecule has 1 aromatic carbocycles. The summed E-state index contributed by atoms with van der Waals surface area (Å²) in [5, 5.41) is 6.39. The molecular formula is C19H29N3O2. The summed E-state index contributed by atoms with van der Waals surface area (Å²) < 4.78 is 0. The maximum Gasteiger partial charge on any atom is 0.234 e. The minimum absolute atomic E-state index is 0.0309. The molecule has 1 aromatic rings. The molecule has 0 saturated carbocycles. The standard InChI is InChI=1S/C19H29N3O2/c1-14(17-7-5-4-6-8-17)15(2)20-13-19(24)21-18-9-11-22(12-10-18)16(3)23/h4-8,14-15,18,20H,9-13H2,1-3H3,(H,21,24)/t14-,15-/m0/s1. The van der Waals surface area contributed by atoms with Gasteiger partial charge >= 0.3 is 0 Å². The van der Waals surface area contributed by atoms with Crippen molar-refractivity contribution in [2.75, 3.05) is 19.6 Å². The molecule has 2 N–H and O–H groups in total. The van der Waals surface area contributed by atoms with Crippen molar-refractivity contribution in [1.82, 2.24) is 15.5 Å². The van der Waals surface area contributed by atoms with E-state index in [2.05, 4.69) is 36.6 Å². The molecule has 5 nitrogen and oxygen atoms in total. The van der Waals surface area contributed by atoms with Gasteiger partial charge in [-0.25, -0.2) is 0 Å². The van der Waals surface area contributed by atoms with E-state index < -0.39 is 0 Å². The molecule has 1 heterocycles. The second-order valence-corrected chi connectivity index (χ2v) is 6.72. The Kier molecular flexibility index (Phi) is 6.79. The highest BCUT2D eigenvalue weighted by Gasteiger charge is 2.22. The Balaban J connectivity index is 1.70. The number of piperidine rings is 1. The Morgan fingerprint density at radius 1 is 1.17 bits per heavy atom. The zero-order valence-corrected chi connectivity index (χ0v) is 14.9. The van der Waals surface area contributed by atoms with Gasteiger partial charge in [-0.05, 0) is 31.2 Å². The molecule has 0 spiro atoms. The first-order valence-corrected chi connectivity index (χ1v) is 8.80. The van der Waals surface area contributed by atoms with Crippen LogP contribution in [0.1, 0.15) is 45.1 Å². The average molecular weight is 331 g/mol. The van der Waals surface area contributed by atoms with E-state index in [1.165, 1.54) is 5.56 Å². The topological polar surface area (TPSA) is 61.4 Å². The number of hydrogen-bond donors (Lipinski definition) is 2. The smallest absolute Gasteiger partial charge is 0.234 e. The van der Waals surface area contributed by atoms with Gasteiger partial charge in [0.15, 0.2) is 0 Å². The van der Waals surface area contributed by atoms with E-state index in [9.17, 15) is 9.59 Å². The van der Waals surface area contributed by atoms with Crippen molar-refractivity contribution in [2.45, 2.75) is 51.6 Å². The Labute approximate surface area is 144 Å². The molecule has 0 bridgehead atoms. The molecule has 1 aliphatic rings. The highest BCUT2D eigenvalue weighted by molar-refractivity contribution is 5.78. The number of carbonyl (C=O) groups excluding carboxylic acids is 2. The third kappa shape index (κ3) is 5.34. The first-order chi connectivity index (χ1) is 11.5. The zero-order valence-electron chi connectivity index (χ0n) is 14.9. The summed E-state index contributed by atoms with van der Waals surface area (Å²) in [7, 11) is 0. The lowest BCUT2D eigenvalue weighted by molar-refractivity contribution is -0.130. The predicted octanol–water partition coefficient (Wildman–Crippen LogP) is 1.90. The van der Waals surface area contributed by atoms with Crippen LogP contribution >= 0.6 is 0 Å². The largest absolute Gasteiger partial charge is 0.352 e. The number of rotatable bonds is 6. The van der Waals surface area contributed by atoms with Gasteiger partial charge in [-0.15, -0.1) is 0 Å². The van der Waals surface area contributed by atoms with Gasteiger partial charge in [0.05, 0.1) is 6.54 Å². The molecule has 0 aromatic heterocycles. The van der Waals surface area contributed by atoms with Crippen LogP contribution in [-0.4, -0.2) is 48.4 Å². The Morgan fingerprint density at radius 2 is 1.79 bits per heavy atom. The molecule has 0 unspecified atom stereocenters. The number of likely N-dealkylation sites (tertiary alicyclic amines) is 1. The Hall–Kier alpha value is -1.88. The van der Waals surface area contributed by atoms with E-state index in [1.54, 1.807) is 6.92 Å². The predicted molar refractivity (Wildman–Crippen MR) is 95.7 cm³/mol. The number of benzene rings is 1. The van der Waals surface area contributed by atoms with Crippen LogP contribution in [-0.2, 0) is 9.59 Å². The maximum absolute atomic E-state index is 12.1. The molecule has 2 atom stereocenters. The fourth-order valence-electron chi connectivity index (χ4n) is 3.09. The van der Waals surface area contributed by atoms with E-state index >= 15 is 0 Å². The van der Waals surface area contributed by atoms with Crippen LogP contribution in [0.5, 0.6) is 0 Å². The van der Waals surface area contributed by atoms with E-state index in [-0.39, 0.29) is 23.9 Å². The number of hydrogen-bond acceptors (Lipinski definition) is 3. The lowest BCUT2D eigenvalue weighted by Crippen LogP contribution is -2.48. The maximum atomic E-state index is 12.1. The number of carbonyl (C=O) groups is 2. The van der Waals surface area contributed by atoms with Gasteiger partial charge in [-0.1, -0.05) is 37.3 Å². The fourth-order valence-corrected chi connectivity index (χ4v) is 3.09. The summed E-state index contributed by atoms with van der Waals surface area (Å²) in [6.45, 7) is 7.66. The van der Waals surface area contributed by atoms with Gasteiger partial charge in [-0.2, -0.15) is 0 Å². The minimum Gasteiger partial charge on any atom is -0.352 e. The van der Waals surface area contributed by atoms with Gasteiger partial charge in [0.25, 0.3) is 0 Å². The summed E-state index contributed by atoms with van der Waals surface area (Å²) in [6, 6.07) is 10.7. The van der Waals surface area contributed by atoms with Crippen LogP contribution in [0.2, 0.25) is 0 Å². The molecule has 0 radical (unpaired) electrons. The Bertz CT molecular complexity index is 539. The molecule has 0 aliphatic carbocycles. The van der Waals surface area contributed by atoms with E-state index in [4.69, 9.17) is 0 Å². The van der Waals surface area contributed by atoms with Crippen molar-refractivity contribution in [2.24, 2.45) is 0 Å². The monoisotopic (exact) mass is 331 g/mol. The summed E-state index contributed by atoms with van der Waals surface area (Å²) in [6.07, 6.45) is 1.67. The highest BCUT2D eigenvalue weighted by Crippen LogP contribution is 2.18. The summed E-state index contributed by atoms with van der Waals surface area (Å²) >= 11 is 0. The van der Waals surface area contributed by atoms with Crippen molar-refractivity contribution in [3.8, 4) is 0 Å². The zero-order chi connectivity index (χ0) is 17.5. The van der Waals surface area contributed by atoms with Crippen molar-refractivity contribution < 1.29 is 9.59 Å². The van der Waals surface area contributed by atoms with Crippen LogP contribution in [0.25, 0.3) is 0 Å². The minimum atomic E-state index is 0.0309. The number of amides is 2. The molecule has 24 heavy (non-hydrogen) atoms. The number of nitrogens with one attached hydrogen (secondary N) is 2. The lowest BCUT2D eigenvalue weighted by atomic mass is 9.94. The van der Waals surface area contributed by atoms with E-state index in [1.807, 2.05) is 23.1 Å². The van der Waals surface area contributed by atoms with Gasteiger partial charge in [0, 0.05) is 32.1 Å². The second kappa shape index (κ2) is 8.83. The first kappa shape index (κ1) is 18.5. The quantitative estimate of drug-likeness (QED) is 0.837. The van der Waals surface area contributed by atoms with Crippen molar-refractivity contribution in [3.63, 3.8) is 0 Å². The molecule has 1 fully saturated rings.